The Bertz CT molecular complexity index is 424. The molecule has 0 spiro atoms. The lowest BCUT2D eigenvalue weighted by atomic mass is 9.94. The molecule has 1 heterocycles. The third kappa shape index (κ3) is 2.93. The van der Waals surface area contributed by atoms with Crippen molar-refractivity contribution in [1.29, 1.82) is 0 Å². The Morgan fingerprint density at radius 2 is 2.22 bits per heavy atom. The summed E-state index contributed by atoms with van der Waals surface area (Å²) in [6.45, 7) is 4.11. The van der Waals surface area contributed by atoms with Crippen LogP contribution >= 0.6 is 23.2 Å². The first-order valence-electron chi connectivity index (χ1n) is 6.22. The van der Waals surface area contributed by atoms with Gasteiger partial charge in [0.25, 0.3) is 0 Å². The summed E-state index contributed by atoms with van der Waals surface area (Å²) in [4.78, 5) is 2.33. The standard InChI is InChI=1S/C14H19Cl2NO/c1-14(18-2)6-3-7-17(10-14)12-5-4-11(9-15)13(16)8-12/h4-5,8H,3,6-7,9-10H2,1-2H3. The second-order valence-electron chi connectivity index (χ2n) is 5.09. The van der Waals surface area contributed by atoms with Crippen molar-refractivity contribution in [1.82, 2.24) is 0 Å². The van der Waals surface area contributed by atoms with Gasteiger partial charge in [-0.25, -0.2) is 0 Å². The highest BCUT2D eigenvalue weighted by molar-refractivity contribution is 6.32. The molecule has 0 bridgehead atoms. The zero-order valence-electron chi connectivity index (χ0n) is 10.9. The van der Waals surface area contributed by atoms with Gasteiger partial charge < -0.3 is 9.64 Å². The summed E-state index contributed by atoms with van der Waals surface area (Å²) in [5.74, 6) is 0.453. The number of ether oxygens (including phenoxy) is 1. The quantitative estimate of drug-likeness (QED) is 0.777. The number of methoxy groups -OCH3 is 1. The molecule has 1 unspecified atom stereocenters. The smallest absolute Gasteiger partial charge is 0.0825 e. The summed E-state index contributed by atoms with van der Waals surface area (Å²) in [7, 11) is 1.78. The van der Waals surface area contributed by atoms with E-state index >= 15 is 0 Å². The topological polar surface area (TPSA) is 12.5 Å². The van der Waals surface area contributed by atoms with Gasteiger partial charge in [-0.3, -0.25) is 0 Å². The van der Waals surface area contributed by atoms with Crippen molar-refractivity contribution in [2.75, 3.05) is 25.1 Å². The summed E-state index contributed by atoms with van der Waals surface area (Å²) in [5, 5.41) is 0.743. The molecule has 1 saturated heterocycles. The Morgan fingerprint density at radius 1 is 1.44 bits per heavy atom. The molecule has 0 amide bonds. The van der Waals surface area contributed by atoms with Crippen LogP contribution < -0.4 is 4.90 Å². The molecular formula is C14H19Cl2NO. The van der Waals surface area contributed by atoms with E-state index in [1.165, 1.54) is 0 Å². The van der Waals surface area contributed by atoms with E-state index in [1.54, 1.807) is 7.11 Å². The Balaban J connectivity index is 2.18. The van der Waals surface area contributed by atoms with Crippen LogP contribution in [-0.4, -0.2) is 25.8 Å². The summed E-state index contributed by atoms with van der Waals surface area (Å²) in [5.41, 5.74) is 2.07. The molecule has 0 aliphatic carbocycles. The SMILES string of the molecule is COC1(C)CCCN(c2ccc(CCl)c(Cl)c2)C1. The Hall–Kier alpha value is -0.440. The Kier molecular flexibility index (Phi) is 4.41. The average Bonchev–Trinajstić information content (AvgIpc) is 2.39. The Labute approximate surface area is 119 Å². The van der Waals surface area contributed by atoms with Crippen molar-refractivity contribution in [3.63, 3.8) is 0 Å². The van der Waals surface area contributed by atoms with Gasteiger partial charge in [-0.1, -0.05) is 17.7 Å². The molecule has 18 heavy (non-hydrogen) atoms. The van der Waals surface area contributed by atoms with Gasteiger partial charge in [-0.2, -0.15) is 0 Å². The highest BCUT2D eigenvalue weighted by atomic mass is 35.5. The minimum Gasteiger partial charge on any atom is -0.377 e. The summed E-state index contributed by atoms with van der Waals surface area (Å²) >= 11 is 12.0. The highest BCUT2D eigenvalue weighted by Crippen LogP contribution is 2.30. The predicted octanol–water partition coefficient (Wildman–Crippen LogP) is 4.08. The summed E-state index contributed by atoms with van der Waals surface area (Å²) in [6, 6.07) is 6.09. The van der Waals surface area contributed by atoms with Gasteiger partial charge >= 0.3 is 0 Å². The molecule has 0 aromatic heterocycles. The number of nitrogens with zero attached hydrogens (tertiary/aromatic N) is 1. The molecule has 100 valence electrons. The lowest BCUT2D eigenvalue weighted by molar-refractivity contribution is -0.00465. The van der Waals surface area contributed by atoms with E-state index in [0.29, 0.717) is 5.88 Å². The van der Waals surface area contributed by atoms with Gasteiger partial charge in [-0.05, 0) is 37.5 Å². The molecule has 1 aliphatic rings. The van der Waals surface area contributed by atoms with E-state index in [1.807, 2.05) is 12.1 Å². The van der Waals surface area contributed by atoms with Crippen molar-refractivity contribution in [2.45, 2.75) is 31.2 Å². The molecule has 2 rings (SSSR count). The van der Waals surface area contributed by atoms with Gasteiger partial charge in [0, 0.05) is 36.8 Å². The van der Waals surface area contributed by atoms with Gasteiger partial charge in [-0.15, -0.1) is 11.6 Å². The molecule has 1 aliphatic heterocycles. The van der Waals surface area contributed by atoms with Gasteiger partial charge in [0.05, 0.1) is 5.60 Å². The van der Waals surface area contributed by atoms with Crippen molar-refractivity contribution in [3.8, 4) is 0 Å². The fourth-order valence-corrected chi connectivity index (χ4v) is 2.98. The normalized spacial score (nSPS) is 24.3. The molecule has 1 aromatic carbocycles. The lowest BCUT2D eigenvalue weighted by Gasteiger charge is -2.40. The fourth-order valence-electron chi connectivity index (χ4n) is 2.43. The van der Waals surface area contributed by atoms with E-state index in [0.717, 1.165) is 42.2 Å². The summed E-state index contributed by atoms with van der Waals surface area (Å²) in [6.07, 6.45) is 2.24. The second kappa shape index (κ2) is 5.68. The van der Waals surface area contributed by atoms with Crippen LogP contribution in [0.25, 0.3) is 0 Å². The molecule has 1 atom stereocenters. The molecular weight excluding hydrogens is 269 g/mol. The van der Waals surface area contributed by atoms with Crippen LogP contribution in [0.1, 0.15) is 25.3 Å². The predicted molar refractivity (Wildman–Crippen MR) is 77.9 cm³/mol. The first kappa shape index (κ1) is 14.0. The molecule has 2 nitrogen and oxygen atoms in total. The van der Waals surface area contributed by atoms with Crippen LogP contribution in [0.15, 0.2) is 18.2 Å². The average molecular weight is 288 g/mol. The maximum absolute atomic E-state index is 6.21. The van der Waals surface area contributed by atoms with Crippen LogP contribution in [0.2, 0.25) is 5.02 Å². The van der Waals surface area contributed by atoms with E-state index in [2.05, 4.69) is 17.9 Å². The van der Waals surface area contributed by atoms with E-state index in [-0.39, 0.29) is 5.60 Å². The minimum atomic E-state index is -0.0596. The molecule has 0 saturated carbocycles. The highest BCUT2D eigenvalue weighted by Gasteiger charge is 2.30. The number of benzene rings is 1. The lowest BCUT2D eigenvalue weighted by Crippen LogP contribution is -2.47. The van der Waals surface area contributed by atoms with Gasteiger partial charge in [0.15, 0.2) is 0 Å². The fraction of sp³-hybridized carbons (Fsp3) is 0.571. The van der Waals surface area contributed by atoms with Crippen LogP contribution in [0.5, 0.6) is 0 Å². The Morgan fingerprint density at radius 3 is 2.83 bits per heavy atom. The van der Waals surface area contributed by atoms with Crippen LogP contribution in [-0.2, 0) is 10.6 Å². The van der Waals surface area contributed by atoms with E-state index in [4.69, 9.17) is 27.9 Å². The first-order valence-corrected chi connectivity index (χ1v) is 7.14. The number of hydrogen-bond acceptors (Lipinski definition) is 2. The van der Waals surface area contributed by atoms with Crippen LogP contribution in [0.4, 0.5) is 5.69 Å². The monoisotopic (exact) mass is 287 g/mol. The number of rotatable bonds is 3. The third-order valence-electron chi connectivity index (χ3n) is 3.70. The number of anilines is 1. The van der Waals surface area contributed by atoms with Gasteiger partial charge in [0.2, 0.25) is 0 Å². The maximum atomic E-state index is 6.21. The first-order chi connectivity index (χ1) is 8.58. The minimum absolute atomic E-state index is 0.0596. The van der Waals surface area contributed by atoms with Crippen LogP contribution in [0, 0.1) is 0 Å². The molecule has 1 fully saturated rings. The third-order valence-corrected chi connectivity index (χ3v) is 4.34. The summed E-state index contributed by atoms with van der Waals surface area (Å²) < 4.78 is 5.61. The molecule has 4 heteroatoms. The van der Waals surface area contributed by atoms with Crippen molar-refractivity contribution in [3.05, 3.63) is 28.8 Å². The maximum Gasteiger partial charge on any atom is 0.0825 e. The second-order valence-corrected chi connectivity index (χ2v) is 5.76. The van der Waals surface area contributed by atoms with Crippen LogP contribution in [0.3, 0.4) is 0 Å². The zero-order valence-corrected chi connectivity index (χ0v) is 12.4. The van der Waals surface area contributed by atoms with Gasteiger partial charge in [0.1, 0.15) is 0 Å². The van der Waals surface area contributed by atoms with Crippen molar-refractivity contribution in [2.24, 2.45) is 0 Å². The number of hydrogen-bond donors (Lipinski definition) is 0. The molecule has 1 aromatic rings. The number of piperidine rings is 1. The van der Waals surface area contributed by atoms with E-state index in [9.17, 15) is 0 Å². The zero-order chi connectivity index (χ0) is 13.2. The number of halogens is 2. The molecule has 0 N–H and O–H groups in total. The largest absolute Gasteiger partial charge is 0.377 e. The van der Waals surface area contributed by atoms with E-state index < -0.39 is 0 Å². The van der Waals surface area contributed by atoms with Crippen molar-refractivity contribution < 1.29 is 4.74 Å². The molecule has 0 radical (unpaired) electrons. The number of alkyl halides is 1. The van der Waals surface area contributed by atoms with Crippen molar-refractivity contribution >= 4 is 28.9 Å².